The lowest BCUT2D eigenvalue weighted by atomic mass is 10.5. The Morgan fingerprint density at radius 2 is 2.00 bits per heavy atom. The van der Waals surface area contributed by atoms with Gasteiger partial charge in [0.1, 0.15) is 0 Å². The number of imidazole rings is 1. The number of aromatic nitrogens is 4. The van der Waals surface area contributed by atoms with Crippen LogP contribution in [0.3, 0.4) is 0 Å². The van der Waals surface area contributed by atoms with Gasteiger partial charge in [-0.15, -0.1) is 0 Å². The molecule has 0 amide bonds. The zero-order chi connectivity index (χ0) is 15.7. The molecular formula is C12H19N7O2. The zero-order valence-electron chi connectivity index (χ0n) is 12.6. The van der Waals surface area contributed by atoms with Crippen LogP contribution in [0.1, 0.15) is 0 Å². The summed E-state index contributed by atoms with van der Waals surface area (Å²) in [7, 11) is 6.64. The van der Waals surface area contributed by atoms with Gasteiger partial charge >= 0.3 is 5.69 Å². The summed E-state index contributed by atoms with van der Waals surface area (Å²) in [5.41, 5.74) is 5.70. The van der Waals surface area contributed by atoms with Gasteiger partial charge in [-0.3, -0.25) is 18.9 Å². The van der Waals surface area contributed by atoms with E-state index in [4.69, 9.17) is 5.73 Å². The van der Waals surface area contributed by atoms with Gasteiger partial charge in [0.25, 0.3) is 5.56 Å². The number of hydrogen-bond donors (Lipinski definition) is 1. The summed E-state index contributed by atoms with van der Waals surface area (Å²) in [5.74, 6) is 0.416. The smallest absolute Gasteiger partial charge is 0.332 e. The highest BCUT2D eigenvalue weighted by Crippen LogP contribution is 2.05. The van der Waals surface area contributed by atoms with Gasteiger partial charge in [-0.25, -0.2) is 9.78 Å². The topological polar surface area (TPSA) is 103 Å². The minimum Gasteiger partial charge on any atom is -0.370 e. The number of fused-ring (bicyclic) bond motifs is 1. The number of aryl methyl sites for hydroxylation is 1. The fourth-order valence-corrected chi connectivity index (χ4v) is 1.98. The van der Waals surface area contributed by atoms with E-state index in [1.807, 2.05) is 0 Å². The molecule has 21 heavy (non-hydrogen) atoms. The van der Waals surface area contributed by atoms with E-state index in [9.17, 15) is 9.59 Å². The first-order valence-corrected chi connectivity index (χ1v) is 6.42. The van der Waals surface area contributed by atoms with Gasteiger partial charge in [0.2, 0.25) is 0 Å². The maximum absolute atomic E-state index is 12.2. The van der Waals surface area contributed by atoms with Crippen molar-refractivity contribution in [2.45, 2.75) is 6.54 Å². The molecule has 0 aliphatic heterocycles. The summed E-state index contributed by atoms with van der Waals surface area (Å²) < 4.78 is 4.10. The Morgan fingerprint density at radius 3 is 2.62 bits per heavy atom. The van der Waals surface area contributed by atoms with E-state index in [-0.39, 0.29) is 5.56 Å². The number of aliphatic imine (C=N–C) groups is 1. The Bertz CT molecular complexity index is 809. The van der Waals surface area contributed by atoms with Crippen LogP contribution >= 0.6 is 0 Å². The maximum atomic E-state index is 12.2. The lowest BCUT2D eigenvalue weighted by molar-refractivity contribution is 0.604. The molecule has 0 aliphatic carbocycles. The van der Waals surface area contributed by atoms with Gasteiger partial charge < -0.3 is 15.2 Å². The van der Waals surface area contributed by atoms with Crippen molar-refractivity contribution in [1.82, 2.24) is 23.6 Å². The van der Waals surface area contributed by atoms with E-state index in [0.29, 0.717) is 30.2 Å². The highest BCUT2D eigenvalue weighted by molar-refractivity contribution is 5.77. The molecule has 2 N–H and O–H groups in total. The monoisotopic (exact) mass is 293 g/mol. The molecule has 0 aliphatic rings. The number of guanidine groups is 1. The van der Waals surface area contributed by atoms with Crippen LogP contribution in [0.5, 0.6) is 0 Å². The van der Waals surface area contributed by atoms with Crippen molar-refractivity contribution < 1.29 is 0 Å². The molecule has 114 valence electrons. The van der Waals surface area contributed by atoms with E-state index < -0.39 is 5.69 Å². The van der Waals surface area contributed by atoms with Gasteiger partial charge in [0.15, 0.2) is 17.1 Å². The predicted molar refractivity (Wildman–Crippen MR) is 80.4 cm³/mol. The summed E-state index contributed by atoms with van der Waals surface area (Å²) in [4.78, 5) is 34.1. The molecule has 0 atom stereocenters. The normalized spacial score (nSPS) is 12.1. The van der Waals surface area contributed by atoms with E-state index in [2.05, 4.69) is 9.98 Å². The second-order valence-electron chi connectivity index (χ2n) is 4.95. The van der Waals surface area contributed by atoms with Gasteiger partial charge in [-0.1, -0.05) is 0 Å². The summed E-state index contributed by atoms with van der Waals surface area (Å²) >= 11 is 0. The molecule has 0 radical (unpaired) electrons. The molecule has 9 nitrogen and oxygen atoms in total. The minimum absolute atomic E-state index is 0.366. The third-order valence-electron chi connectivity index (χ3n) is 3.29. The van der Waals surface area contributed by atoms with Gasteiger partial charge in [0.05, 0.1) is 12.9 Å². The van der Waals surface area contributed by atoms with E-state index in [0.717, 1.165) is 4.57 Å². The molecule has 2 aromatic heterocycles. The van der Waals surface area contributed by atoms with Crippen LogP contribution in [0, 0.1) is 0 Å². The second kappa shape index (κ2) is 5.43. The Morgan fingerprint density at radius 1 is 1.33 bits per heavy atom. The standard InChI is InChI=1S/C12H19N7O2/c1-16(2)11(13)14-5-6-19-7-15-9-8(19)10(20)18(4)12(21)17(9)3/h7H,5-6H2,1-4H3,(H2,13,14). The number of rotatable bonds is 3. The number of nitrogens with two attached hydrogens (primary N) is 1. The van der Waals surface area contributed by atoms with Gasteiger partial charge in [-0.05, 0) is 0 Å². The van der Waals surface area contributed by atoms with Crippen LogP contribution in [0.2, 0.25) is 0 Å². The zero-order valence-corrected chi connectivity index (χ0v) is 12.6. The largest absolute Gasteiger partial charge is 0.370 e. The van der Waals surface area contributed by atoms with Crippen molar-refractivity contribution in [3.63, 3.8) is 0 Å². The third kappa shape index (κ3) is 2.54. The second-order valence-corrected chi connectivity index (χ2v) is 4.95. The molecule has 0 fully saturated rings. The molecule has 0 spiro atoms. The van der Waals surface area contributed by atoms with Crippen molar-refractivity contribution in [3.05, 3.63) is 27.2 Å². The lowest BCUT2D eigenvalue weighted by Gasteiger charge is -2.10. The van der Waals surface area contributed by atoms with Crippen molar-refractivity contribution in [3.8, 4) is 0 Å². The molecule has 0 aromatic carbocycles. The number of nitrogens with zero attached hydrogens (tertiary/aromatic N) is 6. The third-order valence-corrected chi connectivity index (χ3v) is 3.29. The SMILES string of the molecule is CN(C)C(N)=NCCn1cnc2c1c(=O)n(C)c(=O)n2C. The highest BCUT2D eigenvalue weighted by Gasteiger charge is 2.13. The molecule has 2 heterocycles. The quantitative estimate of drug-likeness (QED) is 0.537. The average molecular weight is 293 g/mol. The minimum atomic E-state index is -0.396. The molecular weight excluding hydrogens is 274 g/mol. The summed E-state index contributed by atoms with van der Waals surface area (Å²) in [5, 5.41) is 0. The van der Waals surface area contributed by atoms with Crippen LogP contribution in [-0.4, -0.2) is 50.2 Å². The van der Waals surface area contributed by atoms with Crippen molar-refractivity contribution >= 4 is 17.1 Å². The lowest BCUT2D eigenvalue weighted by Crippen LogP contribution is -2.37. The van der Waals surface area contributed by atoms with Crippen LogP contribution in [0.15, 0.2) is 20.9 Å². The summed E-state index contributed by atoms with van der Waals surface area (Å²) in [6, 6.07) is 0. The van der Waals surface area contributed by atoms with Crippen molar-refractivity contribution in [2.75, 3.05) is 20.6 Å². The molecule has 0 saturated heterocycles. The fraction of sp³-hybridized carbons (Fsp3) is 0.500. The molecule has 0 bridgehead atoms. The van der Waals surface area contributed by atoms with Crippen LogP contribution in [0.25, 0.3) is 11.2 Å². The van der Waals surface area contributed by atoms with Crippen LogP contribution < -0.4 is 17.0 Å². The van der Waals surface area contributed by atoms with E-state index in [1.165, 1.54) is 17.9 Å². The van der Waals surface area contributed by atoms with Gasteiger partial charge in [0, 0.05) is 34.7 Å². The first kappa shape index (κ1) is 14.8. The van der Waals surface area contributed by atoms with E-state index in [1.54, 1.807) is 30.6 Å². The highest BCUT2D eigenvalue weighted by atomic mass is 16.2. The van der Waals surface area contributed by atoms with Crippen molar-refractivity contribution in [1.29, 1.82) is 0 Å². The average Bonchev–Trinajstić information content (AvgIpc) is 2.86. The molecule has 2 aromatic rings. The van der Waals surface area contributed by atoms with Crippen LogP contribution in [-0.2, 0) is 20.6 Å². The van der Waals surface area contributed by atoms with Crippen LogP contribution in [0.4, 0.5) is 0 Å². The van der Waals surface area contributed by atoms with Gasteiger partial charge in [-0.2, -0.15) is 0 Å². The Hall–Kier alpha value is -2.58. The Labute approximate surface area is 120 Å². The Kier molecular flexibility index (Phi) is 3.83. The molecule has 0 unspecified atom stereocenters. The van der Waals surface area contributed by atoms with E-state index >= 15 is 0 Å². The summed E-state index contributed by atoms with van der Waals surface area (Å²) in [6.07, 6.45) is 1.53. The summed E-state index contributed by atoms with van der Waals surface area (Å²) in [6.45, 7) is 0.875. The fourth-order valence-electron chi connectivity index (χ4n) is 1.98. The molecule has 2 rings (SSSR count). The van der Waals surface area contributed by atoms with Crippen molar-refractivity contribution in [2.24, 2.45) is 24.8 Å². The molecule has 0 saturated carbocycles. The first-order chi connectivity index (χ1) is 9.84. The predicted octanol–water partition coefficient (Wildman–Crippen LogP) is -1.69. The molecule has 9 heteroatoms. The number of hydrogen-bond acceptors (Lipinski definition) is 4. The maximum Gasteiger partial charge on any atom is 0.332 e. The Balaban J connectivity index is 2.42. The first-order valence-electron chi connectivity index (χ1n) is 6.42.